The number of para-hydroxylation sites is 1. The molecule has 0 amide bonds. The lowest BCUT2D eigenvalue weighted by Gasteiger charge is -2.17. The van der Waals surface area contributed by atoms with E-state index in [4.69, 9.17) is 32.7 Å². The van der Waals surface area contributed by atoms with Gasteiger partial charge in [0.15, 0.2) is 0 Å². The van der Waals surface area contributed by atoms with Crippen LogP contribution < -0.4 is 4.74 Å². The highest BCUT2D eigenvalue weighted by molar-refractivity contribution is 6.55. The van der Waals surface area contributed by atoms with Crippen molar-refractivity contribution >= 4 is 29.2 Å². The first-order valence-electron chi connectivity index (χ1n) is 9.27. The van der Waals surface area contributed by atoms with Crippen molar-refractivity contribution in [3.63, 3.8) is 0 Å². The van der Waals surface area contributed by atoms with Crippen LogP contribution in [0.5, 0.6) is 11.5 Å². The zero-order chi connectivity index (χ0) is 21.9. The van der Waals surface area contributed by atoms with E-state index in [1.165, 1.54) is 6.08 Å². The zero-order valence-corrected chi connectivity index (χ0v) is 17.8. The molecular weight excluding hydrogens is 433 g/mol. The molecule has 1 saturated carbocycles. The maximum Gasteiger partial charge on any atom is 0.311 e. The van der Waals surface area contributed by atoms with Gasteiger partial charge in [0.05, 0.1) is 5.92 Å². The van der Waals surface area contributed by atoms with Crippen LogP contribution in [0.15, 0.2) is 77.3 Å². The van der Waals surface area contributed by atoms with E-state index in [0.717, 1.165) is 6.08 Å². The Morgan fingerprint density at radius 1 is 1.07 bits per heavy atom. The first-order valence-corrected chi connectivity index (χ1v) is 10.0. The van der Waals surface area contributed by atoms with Crippen LogP contribution in [0.1, 0.15) is 25.5 Å². The number of benzene rings is 2. The fraction of sp³-hybridized carbons (Fsp3) is 0.261. The molecule has 3 nitrogen and oxygen atoms in total. The monoisotopic (exact) mass is 452 g/mol. The van der Waals surface area contributed by atoms with Crippen LogP contribution in [0, 0.1) is 17.3 Å². The molecule has 158 valence electrons. The lowest BCUT2D eigenvalue weighted by atomic mass is 10.1. The molecule has 0 aliphatic heterocycles. The Morgan fingerprint density at radius 3 is 2.37 bits per heavy atom. The maximum atomic E-state index is 12.7. The highest BCUT2D eigenvalue weighted by Gasteiger charge is 2.62. The molecule has 0 radical (unpaired) electrons. The van der Waals surface area contributed by atoms with Gasteiger partial charge in [-0.2, -0.15) is 8.78 Å². The number of carbonyl (C=O) groups is 1. The molecule has 3 unspecified atom stereocenters. The third-order valence-corrected chi connectivity index (χ3v) is 5.41. The van der Waals surface area contributed by atoms with E-state index < -0.39 is 35.4 Å². The van der Waals surface area contributed by atoms with Gasteiger partial charge in [0.25, 0.3) is 6.08 Å². The highest BCUT2D eigenvalue weighted by atomic mass is 35.5. The number of allylic oxidation sites excluding steroid dienone is 1. The first kappa shape index (κ1) is 22.3. The normalized spacial score (nSPS) is 19.9. The summed E-state index contributed by atoms with van der Waals surface area (Å²) < 4.78 is 36.7. The van der Waals surface area contributed by atoms with Crippen molar-refractivity contribution in [3.8, 4) is 11.5 Å². The third-order valence-electron chi connectivity index (χ3n) is 5.16. The summed E-state index contributed by atoms with van der Waals surface area (Å²) in [6.45, 7) is 3.49. The predicted molar refractivity (Wildman–Crippen MR) is 113 cm³/mol. The topological polar surface area (TPSA) is 35.5 Å². The van der Waals surface area contributed by atoms with Gasteiger partial charge >= 0.3 is 5.97 Å². The molecule has 0 saturated heterocycles. The Labute approximate surface area is 183 Å². The second-order valence-corrected chi connectivity index (χ2v) is 8.59. The van der Waals surface area contributed by atoms with E-state index in [-0.39, 0.29) is 4.49 Å². The molecule has 0 N–H and O–H groups in total. The number of esters is 1. The van der Waals surface area contributed by atoms with Gasteiger partial charge in [-0.25, -0.2) is 0 Å². The van der Waals surface area contributed by atoms with Crippen LogP contribution in [0.25, 0.3) is 0 Å². The van der Waals surface area contributed by atoms with Crippen LogP contribution in [0.4, 0.5) is 8.78 Å². The van der Waals surface area contributed by atoms with Crippen molar-refractivity contribution in [1.82, 2.24) is 0 Å². The van der Waals surface area contributed by atoms with Crippen LogP contribution in [-0.4, -0.2) is 5.97 Å². The summed E-state index contributed by atoms with van der Waals surface area (Å²) >= 11 is 11.6. The summed E-state index contributed by atoms with van der Waals surface area (Å²) in [6, 6.07) is 16.1. The molecule has 0 heterocycles. The first-order chi connectivity index (χ1) is 14.2. The van der Waals surface area contributed by atoms with Gasteiger partial charge in [-0.05, 0) is 41.8 Å². The molecule has 1 aliphatic carbocycles. The summed E-state index contributed by atoms with van der Waals surface area (Å²) in [5, 5.41) is 0. The molecule has 30 heavy (non-hydrogen) atoms. The smallest absolute Gasteiger partial charge is 0.311 e. The molecule has 2 aromatic carbocycles. The fourth-order valence-electron chi connectivity index (χ4n) is 3.47. The Balaban J connectivity index is 1.80. The number of rotatable bonds is 7. The standard InChI is InChI=1S/C23H20Cl2F2O3/c1-23(2)17(12-20(26)27)21(23)22(28)30-18(13-19(24)25)14-7-6-10-16(11-14)29-15-8-4-3-5-9-15/h3-13,17-18,21H,1-2H3. The van der Waals surface area contributed by atoms with E-state index in [1.54, 1.807) is 38.1 Å². The number of carbonyl (C=O) groups excluding carboxylic acids is 1. The zero-order valence-electron chi connectivity index (χ0n) is 16.3. The second kappa shape index (κ2) is 9.19. The third kappa shape index (κ3) is 5.41. The summed E-state index contributed by atoms with van der Waals surface area (Å²) in [5.41, 5.74) is -0.0320. The summed E-state index contributed by atoms with van der Waals surface area (Å²) in [6.07, 6.45) is -0.523. The Hall–Kier alpha value is -2.37. The van der Waals surface area contributed by atoms with Crippen molar-refractivity contribution in [2.75, 3.05) is 0 Å². The maximum absolute atomic E-state index is 12.7. The second-order valence-electron chi connectivity index (χ2n) is 7.58. The molecule has 0 bridgehead atoms. The average molecular weight is 453 g/mol. The highest BCUT2D eigenvalue weighted by Crippen LogP contribution is 2.60. The largest absolute Gasteiger partial charge is 0.457 e. The van der Waals surface area contributed by atoms with Crippen molar-refractivity contribution < 1.29 is 23.0 Å². The van der Waals surface area contributed by atoms with Crippen LogP contribution >= 0.6 is 23.2 Å². The molecule has 1 aliphatic rings. The average Bonchev–Trinajstić information content (AvgIpc) is 3.21. The number of hydrogen-bond donors (Lipinski definition) is 0. The summed E-state index contributed by atoms with van der Waals surface area (Å²) in [7, 11) is 0. The quantitative estimate of drug-likeness (QED) is 0.409. The van der Waals surface area contributed by atoms with E-state index in [1.807, 2.05) is 30.3 Å². The molecular formula is C23H20Cl2F2O3. The van der Waals surface area contributed by atoms with E-state index in [0.29, 0.717) is 17.1 Å². The molecule has 3 rings (SSSR count). The minimum absolute atomic E-state index is 0.0801. The van der Waals surface area contributed by atoms with Crippen molar-refractivity contribution in [2.45, 2.75) is 20.0 Å². The van der Waals surface area contributed by atoms with Gasteiger partial charge in [-0.1, -0.05) is 67.4 Å². The molecule has 0 spiro atoms. The van der Waals surface area contributed by atoms with Gasteiger partial charge in [-0.15, -0.1) is 0 Å². The van der Waals surface area contributed by atoms with Crippen molar-refractivity contribution in [1.29, 1.82) is 0 Å². The number of ether oxygens (including phenoxy) is 2. The van der Waals surface area contributed by atoms with Crippen molar-refractivity contribution in [2.24, 2.45) is 17.3 Å². The van der Waals surface area contributed by atoms with E-state index in [9.17, 15) is 13.6 Å². The van der Waals surface area contributed by atoms with Gasteiger partial charge in [-0.3, -0.25) is 4.79 Å². The minimum Gasteiger partial charge on any atom is -0.457 e. The summed E-state index contributed by atoms with van der Waals surface area (Å²) in [4.78, 5) is 12.7. The van der Waals surface area contributed by atoms with E-state index >= 15 is 0 Å². The van der Waals surface area contributed by atoms with E-state index in [2.05, 4.69) is 0 Å². The minimum atomic E-state index is -1.81. The molecule has 2 aromatic rings. The Kier molecular flexibility index (Phi) is 6.84. The van der Waals surface area contributed by atoms with Gasteiger partial charge in [0.1, 0.15) is 22.1 Å². The Bertz CT molecular complexity index is 965. The fourth-order valence-corrected chi connectivity index (χ4v) is 3.69. The van der Waals surface area contributed by atoms with Gasteiger partial charge in [0, 0.05) is 11.5 Å². The molecule has 7 heteroatoms. The molecule has 3 atom stereocenters. The lowest BCUT2D eigenvalue weighted by molar-refractivity contribution is -0.149. The SMILES string of the molecule is CC1(C)C(C=C(F)F)C1C(=O)OC(C=C(Cl)Cl)c1cccc(Oc2ccccc2)c1. The summed E-state index contributed by atoms with van der Waals surface area (Å²) in [5.74, 6) is -0.665. The molecule has 1 fully saturated rings. The number of hydrogen-bond acceptors (Lipinski definition) is 3. The van der Waals surface area contributed by atoms with Gasteiger partial charge in [0.2, 0.25) is 0 Å². The number of halogens is 4. The Morgan fingerprint density at radius 2 is 1.73 bits per heavy atom. The van der Waals surface area contributed by atoms with Crippen LogP contribution in [-0.2, 0) is 9.53 Å². The predicted octanol–water partition coefficient (Wildman–Crippen LogP) is 7.43. The molecule has 0 aromatic heterocycles. The lowest BCUT2D eigenvalue weighted by Crippen LogP contribution is -2.14. The van der Waals surface area contributed by atoms with Gasteiger partial charge < -0.3 is 9.47 Å². The van der Waals surface area contributed by atoms with Crippen LogP contribution in [0.2, 0.25) is 0 Å². The van der Waals surface area contributed by atoms with Crippen LogP contribution in [0.3, 0.4) is 0 Å². The van der Waals surface area contributed by atoms with Crippen molar-refractivity contribution in [3.05, 3.63) is 82.9 Å².